The van der Waals surface area contributed by atoms with Gasteiger partial charge in [0.1, 0.15) is 5.75 Å². The van der Waals surface area contributed by atoms with E-state index in [-0.39, 0.29) is 6.04 Å². The van der Waals surface area contributed by atoms with Gasteiger partial charge in [-0.25, -0.2) is 0 Å². The number of hydrazine groups is 1. The molecule has 5 heteroatoms. The molecule has 0 amide bonds. The second kappa shape index (κ2) is 6.52. The van der Waals surface area contributed by atoms with E-state index in [1.54, 1.807) is 18.4 Å². The van der Waals surface area contributed by atoms with Crippen molar-refractivity contribution in [1.82, 2.24) is 5.43 Å². The Morgan fingerprint density at radius 3 is 2.74 bits per heavy atom. The zero-order valence-electron chi connectivity index (χ0n) is 10.9. The van der Waals surface area contributed by atoms with E-state index in [0.29, 0.717) is 0 Å². The Hall–Kier alpha value is -0.880. The number of halogens is 1. The van der Waals surface area contributed by atoms with Crippen molar-refractivity contribution in [3.05, 3.63) is 50.1 Å². The van der Waals surface area contributed by atoms with E-state index in [1.807, 2.05) is 13.0 Å². The average molecular weight is 341 g/mol. The van der Waals surface area contributed by atoms with Crippen LogP contribution >= 0.6 is 27.3 Å². The van der Waals surface area contributed by atoms with Gasteiger partial charge in [0.2, 0.25) is 0 Å². The molecular weight excluding hydrogens is 324 g/mol. The quantitative estimate of drug-likeness (QED) is 0.646. The number of nitrogens with two attached hydrogens (primary N) is 1. The van der Waals surface area contributed by atoms with Gasteiger partial charge in [-0.1, -0.05) is 12.1 Å². The fourth-order valence-electron chi connectivity index (χ4n) is 2.03. The standard InChI is InChI=1S/C14H17BrN2OS/c1-9-3-5-11(13(7-9)18-2)12(17-16)8-10-4-6-14(15)19-10/h3-7,12,17H,8,16H2,1-2H3. The van der Waals surface area contributed by atoms with E-state index >= 15 is 0 Å². The molecule has 2 aromatic rings. The van der Waals surface area contributed by atoms with Gasteiger partial charge in [-0.3, -0.25) is 11.3 Å². The molecule has 0 saturated carbocycles. The molecule has 0 fully saturated rings. The highest BCUT2D eigenvalue weighted by molar-refractivity contribution is 9.11. The van der Waals surface area contributed by atoms with Gasteiger partial charge in [0.05, 0.1) is 16.9 Å². The minimum absolute atomic E-state index is 0.0427. The molecule has 1 heterocycles. The summed E-state index contributed by atoms with van der Waals surface area (Å²) in [6.07, 6.45) is 0.839. The summed E-state index contributed by atoms with van der Waals surface area (Å²) in [5, 5.41) is 0. The van der Waals surface area contributed by atoms with Gasteiger partial charge in [0.15, 0.2) is 0 Å². The number of thiophene rings is 1. The third kappa shape index (κ3) is 3.57. The lowest BCUT2D eigenvalue weighted by atomic mass is 10.0. The summed E-state index contributed by atoms with van der Waals surface area (Å²) in [4.78, 5) is 1.28. The summed E-state index contributed by atoms with van der Waals surface area (Å²) in [7, 11) is 1.69. The van der Waals surface area contributed by atoms with Crippen LogP contribution < -0.4 is 16.0 Å². The van der Waals surface area contributed by atoms with Crippen molar-refractivity contribution in [2.75, 3.05) is 7.11 Å². The van der Waals surface area contributed by atoms with E-state index in [0.717, 1.165) is 21.5 Å². The van der Waals surface area contributed by atoms with Crippen molar-refractivity contribution in [3.63, 3.8) is 0 Å². The number of aryl methyl sites for hydroxylation is 1. The molecule has 3 nitrogen and oxygen atoms in total. The van der Waals surface area contributed by atoms with Crippen LogP contribution in [-0.4, -0.2) is 7.11 Å². The third-order valence-electron chi connectivity index (χ3n) is 3.00. The molecule has 3 N–H and O–H groups in total. The molecular formula is C14H17BrN2OS. The second-order valence-corrected chi connectivity index (χ2v) is 6.92. The highest BCUT2D eigenvalue weighted by atomic mass is 79.9. The number of nitrogens with one attached hydrogen (secondary N) is 1. The molecule has 102 valence electrons. The predicted molar refractivity (Wildman–Crippen MR) is 83.5 cm³/mol. The number of hydrogen-bond acceptors (Lipinski definition) is 4. The lowest BCUT2D eigenvalue weighted by Crippen LogP contribution is -2.29. The zero-order valence-corrected chi connectivity index (χ0v) is 13.3. The van der Waals surface area contributed by atoms with Crippen LogP contribution in [0.1, 0.15) is 22.0 Å². The molecule has 2 rings (SSSR count). The molecule has 0 bridgehead atoms. The topological polar surface area (TPSA) is 47.3 Å². The van der Waals surface area contributed by atoms with Crippen molar-refractivity contribution in [3.8, 4) is 5.75 Å². The molecule has 0 aliphatic rings. The average Bonchev–Trinajstić information content (AvgIpc) is 2.81. The Kier molecular flexibility index (Phi) is 4.99. The lowest BCUT2D eigenvalue weighted by Gasteiger charge is -2.19. The van der Waals surface area contributed by atoms with Crippen molar-refractivity contribution in [2.24, 2.45) is 5.84 Å². The third-order valence-corrected chi connectivity index (χ3v) is 4.65. The Balaban J connectivity index is 2.26. The van der Waals surface area contributed by atoms with Crippen LogP contribution in [0.2, 0.25) is 0 Å². The first-order chi connectivity index (χ1) is 9.13. The van der Waals surface area contributed by atoms with Gasteiger partial charge in [-0.15, -0.1) is 11.3 Å². The van der Waals surface area contributed by atoms with Crippen LogP contribution in [0.5, 0.6) is 5.75 Å². The van der Waals surface area contributed by atoms with Crippen LogP contribution in [0.25, 0.3) is 0 Å². The van der Waals surface area contributed by atoms with Crippen LogP contribution in [0, 0.1) is 6.92 Å². The summed E-state index contributed by atoms with van der Waals surface area (Å²) in [6.45, 7) is 2.05. The van der Waals surface area contributed by atoms with E-state index in [4.69, 9.17) is 10.6 Å². The minimum Gasteiger partial charge on any atom is -0.496 e. The number of hydrogen-bond donors (Lipinski definition) is 2. The Labute approximate surface area is 125 Å². The van der Waals surface area contributed by atoms with Crippen molar-refractivity contribution in [2.45, 2.75) is 19.4 Å². The van der Waals surface area contributed by atoms with Crippen LogP contribution in [-0.2, 0) is 6.42 Å². The van der Waals surface area contributed by atoms with Gasteiger partial charge >= 0.3 is 0 Å². The van der Waals surface area contributed by atoms with Crippen molar-refractivity contribution < 1.29 is 4.74 Å². The molecule has 1 unspecified atom stereocenters. The van der Waals surface area contributed by atoms with Crippen LogP contribution in [0.15, 0.2) is 34.1 Å². The van der Waals surface area contributed by atoms with Gasteiger partial charge in [0, 0.05) is 16.9 Å². The first kappa shape index (κ1) is 14.5. The monoisotopic (exact) mass is 340 g/mol. The number of methoxy groups -OCH3 is 1. The van der Waals surface area contributed by atoms with E-state index < -0.39 is 0 Å². The molecule has 1 atom stereocenters. The molecule has 1 aromatic heterocycles. The molecule has 1 aromatic carbocycles. The van der Waals surface area contributed by atoms with E-state index in [1.165, 1.54) is 10.4 Å². The molecule has 0 aliphatic carbocycles. The fraction of sp³-hybridized carbons (Fsp3) is 0.286. The molecule has 0 aliphatic heterocycles. The Morgan fingerprint density at radius 2 is 2.16 bits per heavy atom. The summed E-state index contributed by atoms with van der Waals surface area (Å²) in [6, 6.07) is 10.4. The highest BCUT2D eigenvalue weighted by Gasteiger charge is 2.16. The maximum atomic E-state index is 5.71. The maximum Gasteiger partial charge on any atom is 0.123 e. The number of rotatable bonds is 5. The molecule has 0 spiro atoms. The number of ether oxygens (including phenoxy) is 1. The molecule has 0 saturated heterocycles. The highest BCUT2D eigenvalue weighted by Crippen LogP contribution is 2.31. The van der Waals surface area contributed by atoms with Gasteiger partial charge < -0.3 is 4.74 Å². The minimum atomic E-state index is 0.0427. The fourth-order valence-corrected chi connectivity index (χ4v) is 3.56. The first-order valence-corrected chi connectivity index (χ1v) is 7.60. The zero-order chi connectivity index (χ0) is 13.8. The van der Waals surface area contributed by atoms with Crippen molar-refractivity contribution in [1.29, 1.82) is 0 Å². The van der Waals surface area contributed by atoms with Crippen LogP contribution in [0.3, 0.4) is 0 Å². The van der Waals surface area contributed by atoms with E-state index in [2.05, 4.69) is 45.6 Å². The van der Waals surface area contributed by atoms with E-state index in [9.17, 15) is 0 Å². The van der Waals surface area contributed by atoms with Gasteiger partial charge in [-0.05, 0) is 46.6 Å². The Bertz CT molecular complexity index is 556. The SMILES string of the molecule is COc1cc(C)ccc1C(Cc1ccc(Br)s1)NN. The summed E-state index contributed by atoms with van der Waals surface area (Å²) in [5.41, 5.74) is 5.14. The second-order valence-electron chi connectivity index (χ2n) is 4.37. The first-order valence-electron chi connectivity index (χ1n) is 5.99. The maximum absolute atomic E-state index is 5.71. The summed E-state index contributed by atoms with van der Waals surface area (Å²) < 4.78 is 6.58. The predicted octanol–water partition coefficient (Wildman–Crippen LogP) is 3.57. The van der Waals surface area contributed by atoms with Crippen molar-refractivity contribution >= 4 is 27.3 Å². The lowest BCUT2D eigenvalue weighted by molar-refractivity contribution is 0.399. The van der Waals surface area contributed by atoms with Gasteiger partial charge in [-0.2, -0.15) is 0 Å². The summed E-state index contributed by atoms with van der Waals surface area (Å²) in [5.74, 6) is 6.58. The van der Waals surface area contributed by atoms with Gasteiger partial charge in [0.25, 0.3) is 0 Å². The molecule has 0 radical (unpaired) electrons. The number of benzene rings is 1. The summed E-state index contributed by atoms with van der Waals surface area (Å²) >= 11 is 5.20. The normalized spacial score (nSPS) is 12.4. The largest absolute Gasteiger partial charge is 0.496 e. The Morgan fingerprint density at radius 1 is 1.37 bits per heavy atom. The van der Waals surface area contributed by atoms with Crippen LogP contribution in [0.4, 0.5) is 0 Å². The smallest absolute Gasteiger partial charge is 0.123 e. The molecule has 19 heavy (non-hydrogen) atoms.